The van der Waals surface area contributed by atoms with Crippen LogP contribution in [-0.4, -0.2) is 65.1 Å². The van der Waals surface area contributed by atoms with E-state index in [0.717, 1.165) is 38.6 Å². The Kier molecular flexibility index (Phi) is 8.61. The van der Waals surface area contributed by atoms with Crippen LogP contribution in [0.1, 0.15) is 19.3 Å². The molecule has 17 heavy (non-hydrogen) atoms. The molecular formula is C13H28N2O2. The summed E-state index contributed by atoms with van der Waals surface area (Å²) in [5.41, 5.74) is 0. The molecule has 1 aliphatic heterocycles. The molecule has 0 aromatic heterocycles. The van der Waals surface area contributed by atoms with Gasteiger partial charge in [-0.25, -0.2) is 0 Å². The van der Waals surface area contributed by atoms with Crippen molar-refractivity contribution in [1.29, 1.82) is 0 Å². The van der Waals surface area contributed by atoms with Crippen molar-refractivity contribution in [2.45, 2.75) is 19.3 Å². The molecule has 0 spiro atoms. The summed E-state index contributed by atoms with van der Waals surface area (Å²) in [7, 11) is 3.55. The molecule has 0 aromatic carbocycles. The van der Waals surface area contributed by atoms with Crippen LogP contribution in [0.2, 0.25) is 0 Å². The van der Waals surface area contributed by atoms with Gasteiger partial charge in [0.25, 0.3) is 0 Å². The third-order valence-electron chi connectivity index (χ3n) is 3.41. The molecule has 1 saturated heterocycles. The highest BCUT2D eigenvalue weighted by atomic mass is 16.5. The summed E-state index contributed by atoms with van der Waals surface area (Å²) >= 11 is 0. The fraction of sp³-hybridized carbons (Fsp3) is 1.00. The van der Waals surface area contributed by atoms with Gasteiger partial charge in [-0.1, -0.05) is 0 Å². The first-order chi connectivity index (χ1) is 8.36. The molecule has 0 aliphatic carbocycles. The van der Waals surface area contributed by atoms with Crippen LogP contribution in [0.3, 0.4) is 0 Å². The summed E-state index contributed by atoms with van der Waals surface area (Å²) < 4.78 is 10.3. The average Bonchev–Trinajstić information content (AvgIpc) is 2.37. The fourth-order valence-electron chi connectivity index (χ4n) is 2.38. The molecule has 0 radical (unpaired) electrons. The lowest BCUT2D eigenvalue weighted by atomic mass is 9.97. The number of nitrogens with one attached hydrogen (secondary N) is 1. The van der Waals surface area contributed by atoms with Gasteiger partial charge in [0.15, 0.2) is 0 Å². The van der Waals surface area contributed by atoms with Crippen LogP contribution in [0.25, 0.3) is 0 Å². The van der Waals surface area contributed by atoms with Gasteiger partial charge in [0.05, 0.1) is 6.61 Å². The highest BCUT2D eigenvalue weighted by Gasteiger charge is 2.16. The lowest BCUT2D eigenvalue weighted by Crippen LogP contribution is -2.38. The Morgan fingerprint density at radius 1 is 1.06 bits per heavy atom. The highest BCUT2D eigenvalue weighted by Crippen LogP contribution is 2.13. The zero-order valence-corrected chi connectivity index (χ0v) is 11.4. The van der Waals surface area contributed by atoms with Crippen LogP contribution < -0.4 is 5.32 Å². The number of piperidine rings is 1. The SMILES string of the molecule is COCCCN(CCOC)CC1CCNCC1. The number of hydrogen-bond donors (Lipinski definition) is 1. The zero-order chi connectivity index (χ0) is 12.3. The Morgan fingerprint density at radius 3 is 2.41 bits per heavy atom. The molecule has 4 heteroatoms. The maximum atomic E-state index is 5.18. The first-order valence-electron chi connectivity index (χ1n) is 6.77. The average molecular weight is 244 g/mol. The van der Waals surface area contributed by atoms with E-state index in [2.05, 4.69) is 10.2 Å². The van der Waals surface area contributed by atoms with Crippen molar-refractivity contribution >= 4 is 0 Å². The van der Waals surface area contributed by atoms with Crippen molar-refractivity contribution in [3.8, 4) is 0 Å². The first kappa shape index (κ1) is 14.9. The monoisotopic (exact) mass is 244 g/mol. The Bertz CT molecular complexity index is 173. The predicted molar refractivity (Wildman–Crippen MR) is 70.4 cm³/mol. The largest absolute Gasteiger partial charge is 0.385 e. The fourth-order valence-corrected chi connectivity index (χ4v) is 2.38. The maximum absolute atomic E-state index is 5.18. The maximum Gasteiger partial charge on any atom is 0.0589 e. The Labute approximate surface area is 106 Å². The Morgan fingerprint density at radius 2 is 1.76 bits per heavy atom. The third kappa shape index (κ3) is 6.99. The van der Waals surface area contributed by atoms with E-state index < -0.39 is 0 Å². The molecule has 1 aliphatic rings. The van der Waals surface area contributed by atoms with Gasteiger partial charge in [-0.05, 0) is 38.3 Å². The third-order valence-corrected chi connectivity index (χ3v) is 3.41. The summed E-state index contributed by atoms with van der Waals surface area (Å²) in [6.45, 7) is 7.44. The van der Waals surface area contributed by atoms with Crippen LogP contribution in [0.15, 0.2) is 0 Å². The van der Waals surface area contributed by atoms with Gasteiger partial charge in [-0.2, -0.15) is 0 Å². The number of ether oxygens (including phenoxy) is 2. The standard InChI is InChI=1S/C13H28N2O2/c1-16-10-3-8-15(9-11-17-2)12-13-4-6-14-7-5-13/h13-14H,3-12H2,1-2H3. The number of hydrogen-bond acceptors (Lipinski definition) is 4. The minimum atomic E-state index is 0.831. The molecule has 1 rings (SSSR count). The second kappa shape index (κ2) is 9.83. The van der Waals surface area contributed by atoms with Gasteiger partial charge in [0.1, 0.15) is 0 Å². The summed E-state index contributed by atoms with van der Waals surface area (Å²) in [5.74, 6) is 0.857. The Balaban J connectivity index is 2.22. The molecule has 1 N–H and O–H groups in total. The lowest BCUT2D eigenvalue weighted by Gasteiger charge is -2.30. The van der Waals surface area contributed by atoms with Crippen molar-refractivity contribution in [2.24, 2.45) is 5.92 Å². The topological polar surface area (TPSA) is 33.7 Å². The molecule has 0 saturated carbocycles. The van der Waals surface area contributed by atoms with Crippen LogP contribution in [-0.2, 0) is 9.47 Å². The molecule has 1 heterocycles. The normalized spacial score (nSPS) is 17.8. The second-order valence-corrected chi connectivity index (χ2v) is 4.83. The quantitative estimate of drug-likeness (QED) is 0.613. The molecule has 102 valence electrons. The van der Waals surface area contributed by atoms with Gasteiger partial charge < -0.3 is 19.7 Å². The van der Waals surface area contributed by atoms with Crippen LogP contribution in [0.4, 0.5) is 0 Å². The van der Waals surface area contributed by atoms with Crippen molar-refractivity contribution in [2.75, 3.05) is 60.2 Å². The smallest absolute Gasteiger partial charge is 0.0589 e. The van der Waals surface area contributed by atoms with Crippen molar-refractivity contribution in [3.05, 3.63) is 0 Å². The van der Waals surface area contributed by atoms with E-state index in [9.17, 15) is 0 Å². The molecule has 1 fully saturated rings. The molecule has 0 bridgehead atoms. The summed E-state index contributed by atoms with van der Waals surface area (Å²) in [4.78, 5) is 2.53. The summed E-state index contributed by atoms with van der Waals surface area (Å²) in [6.07, 6.45) is 3.74. The van der Waals surface area contributed by atoms with Crippen LogP contribution in [0, 0.1) is 5.92 Å². The van der Waals surface area contributed by atoms with Gasteiger partial charge in [0, 0.05) is 40.5 Å². The number of rotatable bonds is 9. The first-order valence-corrected chi connectivity index (χ1v) is 6.77. The lowest BCUT2D eigenvalue weighted by molar-refractivity contribution is 0.117. The molecule has 0 aromatic rings. The van der Waals surface area contributed by atoms with E-state index in [1.807, 2.05) is 0 Å². The second-order valence-electron chi connectivity index (χ2n) is 4.83. The van der Waals surface area contributed by atoms with E-state index in [0.29, 0.717) is 0 Å². The predicted octanol–water partition coefficient (Wildman–Crippen LogP) is 0.971. The van der Waals surface area contributed by atoms with Crippen molar-refractivity contribution in [1.82, 2.24) is 10.2 Å². The zero-order valence-electron chi connectivity index (χ0n) is 11.4. The summed E-state index contributed by atoms with van der Waals surface area (Å²) in [6, 6.07) is 0. The van der Waals surface area contributed by atoms with Gasteiger partial charge in [0.2, 0.25) is 0 Å². The van der Waals surface area contributed by atoms with Gasteiger partial charge in [-0.15, -0.1) is 0 Å². The van der Waals surface area contributed by atoms with E-state index in [1.165, 1.54) is 32.5 Å². The minimum absolute atomic E-state index is 0.831. The van der Waals surface area contributed by atoms with E-state index in [-0.39, 0.29) is 0 Å². The van der Waals surface area contributed by atoms with Crippen LogP contribution >= 0.6 is 0 Å². The molecule has 4 nitrogen and oxygen atoms in total. The van der Waals surface area contributed by atoms with Crippen LogP contribution in [0.5, 0.6) is 0 Å². The van der Waals surface area contributed by atoms with E-state index in [1.54, 1.807) is 14.2 Å². The number of nitrogens with zero attached hydrogens (tertiary/aromatic N) is 1. The van der Waals surface area contributed by atoms with Crippen molar-refractivity contribution in [3.63, 3.8) is 0 Å². The van der Waals surface area contributed by atoms with E-state index >= 15 is 0 Å². The van der Waals surface area contributed by atoms with E-state index in [4.69, 9.17) is 9.47 Å². The highest BCUT2D eigenvalue weighted by molar-refractivity contribution is 4.72. The number of methoxy groups -OCH3 is 2. The molecule has 0 amide bonds. The van der Waals surface area contributed by atoms with Crippen molar-refractivity contribution < 1.29 is 9.47 Å². The Hall–Kier alpha value is -0.160. The molecule has 0 unspecified atom stereocenters. The minimum Gasteiger partial charge on any atom is -0.385 e. The molecule has 0 atom stereocenters. The van der Waals surface area contributed by atoms with Gasteiger partial charge >= 0.3 is 0 Å². The van der Waals surface area contributed by atoms with Gasteiger partial charge in [-0.3, -0.25) is 0 Å². The summed E-state index contributed by atoms with van der Waals surface area (Å²) in [5, 5.41) is 3.42. The molecular weight excluding hydrogens is 216 g/mol.